The maximum atomic E-state index is 8.91. The molecule has 64 valence electrons. The van der Waals surface area contributed by atoms with Gasteiger partial charge in [-0.25, -0.2) is 0 Å². The van der Waals surface area contributed by atoms with E-state index in [1.54, 1.807) is 0 Å². The van der Waals surface area contributed by atoms with E-state index in [4.69, 9.17) is 5.11 Å². The van der Waals surface area contributed by atoms with E-state index < -0.39 is 0 Å². The summed E-state index contributed by atoms with van der Waals surface area (Å²) in [5.41, 5.74) is 1.34. The first-order chi connectivity index (χ1) is 5.83. The first kappa shape index (κ1) is 8.27. The molecular weight excluding hydrogens is 216 g/mol. The van der Waals surface area contributed by atoms with E-state index in [2.05, 4.69) is 28.1 Å². The largest absolute Gasteiger partial charge is 0.396 e. The minimum Gasteiger partial charge on any atom is -0.396 e. The summed E-state index contributed by atoms with van der Waals surface area (Å²) < 4.78 is 1.17. The fourth-order valence-electron chi connectivity index (χ4n) is 1.61. The number of benzene rings is 1. The van der Waals surface area contributed by atoms with Crippen LogP contribution in [0, 0.1) is 5.92 Å². The molecule has 12 heavy (non-hydrogen) atoms. The molecule has 2 heteroatoms. The molecule has 0 saturated heterocycles. The Labute approximate surface area is 80.5 Å². The smallest absolute Gasteiger partial charge is 0.0465 e. The third kappa shape index (κ3) is 1.41. The Morgan fingerprint density at radius 2 is 2.17 bits per heavy atom. The van der Waals surface area contributed by atoms with Gasteiger partial charge in [0, 0.05) is 11.1 Å². The molecule has 2 rings (SSSR count). The number of rotatable bonds is 2. The molecule has 0 unspecified atom stereocenters. The Balaban J connectivity index is 2.19. The normalized spacial score (nSPS) is 27.2. The van der Waals surface area contributed by atoms with Gasteiger partial charge < -0.3 is 5.11 Å². The summed E-state index contributed by atoms with van der Waals surface area (Å²) >= 11 is 3.51. The summed E-state index contributed by atoms with van der Waals surface area (Å²) in [6.45, 7) is 0.325. The number of aliphatic hydroxyl groups is 1. The Morgan fingerprint density at radius 3 is 2.75 bits per heavy atom. The second-order valence-electron chi connectivity index (χ2n) is 3.31. The molecular formula is C10H11BrO. The fourth-order valence-corrected chi connectivity index (χ4v) is 2.18. The van der Waals surface area contributed by atoms with E-state index in [1.807, 2.05) is 12.1 Å². The lowest BCUT2D eigenvalue weighted by Crippen LogP contribution is -1.89. The SMILES string of the molecule is OC[C@H]1C[C@H]1c1ccccc1Br. The molecule has 1 aromatic rings. The zero-order valence-corrected chi connectivity index (χ0v) is 8.29. The van der Waals surface area contributed by atoms with Gasteiger partial charge in [-0.3, -0.25) is 0 Å². The van der Waals surface area contributed by atoms with Crippen LogP contribution in [0.3, 0.4) is 0 Å². The van der Waals surface area contributed by atoms with Crippen LogP contribution in [0.4, 0.5) is 0 Å². The molecule has 2 atom stereocenters. The third-order valence-corrected chi connectivity index (χ3v) is 3.18. The van der Waals surface area contributed by atoms with Crippen molar-refractivity contribution in [3.63, 3.8) is 0 Å². The number of hydrogen-bond acceptors (Lipinski definition) is 1. The van der Waals surface area contributed by atoms with Crippen molar-refractivity contribution in [1.82, 2.24) is 0 Å². The second kappa shape index (κ2) is 3.19. The standard InChI is InChI=1S/C10H11BrO/c11-10-4-2-1-3-8(10)9-5-7(9)6-12/h1-4,7,9,12H,5-6H2/t7-,9-/m1/s1. The van der Waals surface area contributed by atoms with E-state index in [0.717, 1.165) is 6.42 Å². The Hall–Kier alpha value is -0.340. The molecule has 1 saturated carbocycles. The lowest BCUT2D eigenvalue weighted by molar-refractivity contribution is 0.274. The summed E-state index contributed by atoms with van der Waals surface area (Å²) in [6.07, 6.45) is 1.14. The second-order valence-corrected chi connectivity index (χ2v) is 4.16. The van der Waals surface area contributed by atoms with Crippen LogP contribution in [0.2, 0.25) is 0 Å². The third-order valence-electron chi connectivity index (χ3n) is 2.46. The van der Waals surface area contributed by atoms with Crippen LogP contribution >= 0.6 is 15.9 Å². The topological polar surface area (TPSA) is 20.2 Å². The quantitative estimate of drug-likeness (QED) is 0.823. The first-order valence-corrected chi connectivity index (χ1v) is 4.97. The Morgan fingerprint density at radius 1 is 1.42 bits per heavy atom. The summed E-state index contributed by atoms with van der Waals surface area (Å²) in [6, 6.07) is 8.25. The van der Waals surface area contributed by atoms with Crippen molar-refractivity contribution in [3.8, 4) is 0 Å². The van der Waals surface area contributed by atoms with Crippen LogP contribution in [0.1, 0.15) is 17.9 Å². The Bertz CT molecular complexity index is 285. The predicted molar refractivity (Wildman–Crippen MR) is 52.1 cm³/mol. The van der Waals surface area contributed by atoms with Crippen LogP contribution < -0.4 is 0 Å². The molecule has 1 N–H and O–H groups in total. The van der Waals surface area contributed by atoms with E-state index in [0.29, 0.717) is 18.4 Å². The molecule has 1 aromatic carbocycles. The van der Waals surface area contributed by atoms with Crippen LogP contribution in [0.25, 0.3) is 0 Å². The zero-order chi connectivity index (χ0) is 8.55. The maximum Gasteiger partial charge on any atom is 0.0465 e. The van der Waals surface area contributed by atoms with Crippen molar-refractivity contribution < 1.29 is 5.11 Å². The fraction of sp³-hybridized carbons (Fsp3) is 0.400. The van der Waals surface area contributed by atoms with E-state index in [9.17, 15) is 0 Å². The van der Waals surface area contributed by atoms with Gasteiger partial charge in [-0.1, -0.05) is 34.1 Å². The first-order valence-electron chi connectivity index (χ1n) is 4.18. The minimum absolute atomic E-state index is 0.325. The molecule has 0 radical (unpaired) electrons. The molecule has 1 fully saturated rings. The highest BCUT2D eigenvalue weighted by Crippen LogP contribution is 2.48. The predicted octanol–water partition coefficient (Wildman–Crippen LogP) is 2.54. The monoisotopic (exact) mass is 226 g/mol. The molecule has 1 aliphatic carbocycles. The van der Waals surface area contributed by atoms with Crippen LogP contribution in [-0.4, -0.2) is 11.7 Å². The molecule has 0 aliphatic heterocycles. The summed E-state index contributed by atoms with van der Waals surface area (Å²) in [7, 11) is 0. The highest BCUT2D eigenvalue weighted by atomic mass is 79.9. The zero-order valence-electron chi connectivity index (χ0n) is 6.70. The molecule has 0 aromatic heterocycles. The molecule has 0 spiro atoms. The van der Waals surface area contributed by atoms with E-state index in [1.165, 1.54) is 10.0 Å². The molecule has 0 amide bonds. The highest BCUT2D eigenvalue weighted by Gasteiger charge is 2.38. The van der Waals surface area contributed by atoms with Crippen LogP contribution in [0.15, 0.2) is 28.7 Å². The van der Waals surface area contributed by atoms with Crippen LogP contribution in [-0.2, 0) is 0 Å². The molecule has 0 bridgehead atoms. The van der Waals surface area contributed by atoms with Crippen LogP contribution in [0.5, 0.6) is 0 Å². The minimum atomic E-state index is 0.325. The highest BCUT2D eigenvalue weighted by molar-refractivity contribution is 9.10. The van der Waals surface area contributed by atoms with Gasteiger partial charge >= 0.3 is 0 Å². The van der Waals surface area contributed by atoms with Gasteiger partial charge in [-0.2, -0.15) is 0 Å². The average molecular weight is 227 g/mol. The number of aliphatic hydroxyl groups excluding tert-OH is 1. The molecule has 1 aliphatic rings. The molecule has 1 nitrogen and oxygen atoms in total. The van der Waals surface area contributed by atoms with Gasteiger partial charge in [0.2, 0.25) is 0 Å². The Kier molecular flexibility index (Phi) is 2.20. The summed E-state index contributed by atoms with van der Waals surface area (Å²) in [5.74, 6) is 1.09. The van der Waals surface area contributed by atoms with E-state index >= 15 is 0 Å². The van der Waals surface area contributed by atoms with Gasteiger partial charge in [0.05, 0.1) is 0 Å². The van der Waals surface area contributed by atoms with Crippen molar-refractivity contribution in [2.75, 3.05) is 6.61 Å². The number of halogens is 1. The maximum absolute atomic E-state index is 8.91. The van der Waals surface area contributed by atoms with Crippen molar-refractivity contribution in [1.29, 1.82) is 0 Å². The van der Waals surface area contributed by atoms with E-state index in [-0.39, 0.29) is 0 Å². The van der Waals surface area contributed by atoms with Gasteiger partial charge in [-0.05, 0) is 29.9 Å². The van der Waals surface area contributed by atoms with Gasteiger partial charge in [0.1, 0.15) is 0 Å². The lowest BCUT2D eigenvalue weighted by Gasteiger charge is -2.01. The van der Waals surface area contributed by atoms with Crippen molar-refractivity contribution in [2.45, 2.75) is 12.3 Å². The summed E-state index contributed by atoms with van der Waals surface area (Å²) in [5, 5.41) is 8.91. The van der Waals surface area contributed by atoms with Gasteiger partial charge in [0.25, 0.3) is 0 Å². The molecule has 0 heterocycles. The lowest BCUT2D eigenvalue weighted by atomic mass is 10.1. The van der Waals surface area contributed by atoms with Crippen molar-refractivity contribution >= 4 is 15.9 Å². The van der Waals surface area contributed by atoms with Gasteiger partial charge in [-0.15, -0.1) is 0 Å². The van der Waals surface area contributed by atoms with Crippen molar-refractivity contribution in [3.05, 3.63) is 34.3 Å². The number of hydrogen-bond donors (Lipinski definition) is 1. The summed E-state index contributed by atoms with van der Waals surface area (Å²) in [4.78, 5) is 0. The van der Waals surface area contributed by atoms with Crippen molar-refractivity contribution in [2.24, 2.45) is 5.92 Å². The average Bonchev–Trinajstić information content (AvgIpc) is 2.84. The van der Waals surface area contributed by atoms with Gasteiger partial charge in [0.15, 0.2) is 0 Å².